The lowest BCUT2D eigenvalue weighted by Gasteiger charge is -1.44. The van der Waals surface area contributed by atoms with Gasteiger partial charge >= 0.3 is 0 Å². The molecule has 0 aromatic rings. The van der Waals surface area contributed by atoms with Gasteiger partial charge in [0, 0.05) is 22.0 Å². The van der Waals surface area contributed by atoms with Crippen LogP contribution in [-0.4, -0.2) is 0 Å². The Morgan fingerprint density at radius 1 is 1.75 bits per heavy atom. The predicted molar refractivity (Wildman–Crippen MR) is 37.4 cm³/mol. The summed E-state index contributed by atoms with van der Waals surface area (Å²) in [6.45, 7) is 0. The fourth-order valence-electron chi connectivity index (χ4n) is 0. The summed E-state index contributed by atoms with van der Waals surface area (Å²) in [6.07, 6.45) is 0. The van der Waals surface area contributed by atoms with Crippen molar-refractivity contribution in [1.82, 2.24) is 0 Å². The average molecular weight is 299 g/mol. The van der Waals surface area contributed by atoms with Gasteiger partial charge in [-0.1, -0.05) is 0 Å². The normalized spacial score (nSPS) is 9.50. The van der Waals surface area contributed by atoms with Crippen molar-refractivity contribution in [1.29, 1.82) is 0 Å². The molecule has 0 heterocycles. The van der Waals surface area contributed by atoms with Gasteiger partial charge in [-0.05, 0) is 0 Å². The maximum Gasteiger partial charge on any atom is 0.0899 e. The number of nitrogens with zero attached hydrogens (tertiary/aromatic N) is 1. The first-order valence-electron chi connectivity index (χ1n) is 0.538. The van der Waals surface area contributed by atoms with E-state index < -0.39 is 0 Å². The molecular weight excluding hydrogens is 299 g/mol. The molecule has 0 aliphatic carbocycles. The van der Waals surface area contributed by atoms with Crippen LogP contribution in [0.15, 0.2) is 2.96 Å². The standard InChI is InChI=1S/I2NP/c1-3-4-2. The summed E-state index contributed by atoms with van der Waals surface area (Å²) in [6, 6.07) is 1.08. The number of rotatable bonds is 0. The zero-order chi connectivity index (χ0) is 3.41. The molecule has 24 valence electrons. The molecule has 0 aliphatic rings. The molecule has 4 heteroatoms. The fourth-order valence-corrected chi connectivity index (χ4v) is 0. The molecule has 0 aromatic carbocycles. The van der Waals surface area contributed by atoms with Gasteiger partial charge in [0.05, 0.1) is 28.9 Å². The highest BCUT2D eigenvalue weighted by Gasteiger charge is 1.41. The molecule has 0 spiro atoms. The van der Waals surface area contributed by atoms with Gasteiger partial charge in [-0.3, -0.25) is 0 Å². The monoisotopic (exact) mass is 299 g/mol. The summed E-state index contributed by atoms with van der Waals surface area (Å²) in [5.41, 5.74) is 0. The lowest BCUT2D eigenvalue weighted by atomic mass is 14.0. The molecule has 0 bridgehead atoms. The Bertz CT molecular complexity index is 21.2. The van der Waals surface area contributed by atoms with Crippen LogP contribution < -0.4 is 0 Å². The van der Waals surface area contributed by atoms with Gasteiger partial charge in [-0.2, -0.15) is 2.96 Å². The van der Waals surface area contributed by atoms with Crippen LogP contribution in [0.5, 0.6) is 0 Å². The second-order valence-corrected chi connectivity index (χ2v) is 3.04. The van der Waals surface area contributed by atoms with Gasteiger partial charge in [0.1, 0.15) is 0 Å². The lowest BCUT2D eigenvalue weighted by molar-refractivity contribution is 2.23. The van der Waals surface area contributed by atoms with E-state index in [0.29, 0.717) is 0 Å². The van der Waals surface area contributed by atoms with Crippen molar-refractivity contribution < 1.29 is 0 Å². The SMILES string of the molecule is I/N=P/I. The minimum Gasteiger partial charge on any atom is -0.188 e. The van der Waals surface area contributed by atoms with E-state index in [0.717, 1.165) is 6.02 Å². The Hall–Kier alpha value is 1.56. The van der Waals surface area contributed by atoms with E-state index in [4.69, 9.17) is 0 Å². The van der Waals surface area contributed by atoms with Gasteiger partial charge in [0.2, 0.25) is 0 Å². The quantitative estimate of drug-likeness (QED) is 0.482. The molecule has 0 radical (unpaired) electrons. The topological polar surface area (TPSA) is 12.4 Å². The van der Waals surface area contributed by atoms with Crippen molar-refractivity contribution in [2.75, 3.05) is 0 Å². The summed E-state index contributed by atoms with van der Waals surface area (Å²) < 4.78 is 3.66. The first kappa shape index (κ1) is 5.56. The maximum atomic E-state index is 3.66. The molecule has 4 heavy (non-hydrogen) atoms. The third kappa shape index (κ3) is 3.56. The molecule has 0 aromatic heterocycles. The smallest absolute Gasteiger partial charge is 0.0899 e. The van der Waals surface area contributed by atoms with Crippen molar-refractivity contribution in [3.8, 4) is 0 Å². The summed E-state index contributed by atoms with van der Waals surface area (Å²) in [5.74, 6) is 0. The summed E-state index contributed by atoms with van der Waals surface area (Å²) in [7, 11) is 0. The van der Waals surface area contributed by atoms with Crippen LogP contribution in [0.25, 0.3) is 0 Å². The first-order valence-corrected chi connectivity index (χ1v) is 5.14. The molecule has 0 fully saturated rings. The van der Waals surface area contributed by atoms with E-state index in [2.05, 4.69) is 25.0 Å². The Morgan fingerprint density at radius 3 is 2.00 bits per heavy atom. The zero-order valence-corrected chi connectivity index (χ0v) is 6.86. The van der Waals surface area contributed by atoms with Crippen LogP contribution in [0.4, 0.5) is 0 Å². The highest BCUT2D eigenvalue weighted by molar-refractivity contribution is 14.2. The molecule has 0 N–H and O–H groups in total. The molecular formula is I2NP. The predicted octanol–water partition coefficient (Wildman–Crippen LogP) is 2.82. The fraction of sp³-hybridized carbons (Fsp3) is 0. The zero-order valence-electron chi connectivity index (χ0n) is 1.65. The van der Waals surface area contributed by atoms with Crippen LogP contribution in [0.2, 0.25) is 0 Å². The van der Waals surface area contributed by atoms with Gasteiger partial charge in [0.25, 0.3) is 0 Å². The molecule has 0 saturated carbocycles. The number of hydrogen-bond acceptors (Lipinski definition) is 1. The summed E-state index contributed by atoms with van der Waals surface area (Å²) in [4.78, 5) is 0. The van der Waals surface area contributed by atoms with Crippen LogP contribution in [-0.2, 0) is 0 Å². The van der Waals surface area contributed by atoms with E-state index in [1.54, 1.807) is 0 Å². The Morgan fingerprint density at radius 2 is 2.00 bits per heavy atom. The second-order valence-electron chi connectivity index (χ2n) is 0.151. The van der Waals surface area contributed by atoms with Crippen molar-refractivity contribution in [2.45, 2.75) is 0 Å². The third-order valence-electron chi connectivity index (χ3n) is 0.0286. The Kier molecular flexibility index (Phi) is 6.34. The minimum atomic E-state index is 1.08. The van der Waals surface area contributed by atoms with Crippen LogP contribution in [0, 0.1) is 0 Å². The van der Waals surface area contributed by atoms with Gasteiger partial charge < -0.3 is 0 Å². The molecule has 0 amide bonds. The van der Waals surface area contributed by atoms with Gasteiger partial charge in [0.15, 0.2) is 0 Å². The van der Waals surface area contributed by atoms with Crippen molar-refractivity contribution in [3.63, 3.8) is 0 Å². The maximum absolute atomic E-state index is 3.66. The third-order valence-corrected chi connectivity index (χ3v) is 3.86. The van der Waals surface area contributed by atoms with Crippen molar-refractivity contribution in [3.05, 3.63) is 0 Å². The van der Waals surface area contributed by atoms with Crippen LogP contribution >= 0.6 is 50.9 Å². The second kappa shape index (κ2) is 4.56. The Balaban J connectivity index is 2.55. The molecule has 0 saturated heterocycles. The van der Waals surface area contributed by atoms with Crippen molar-refractivity contribution in [2.24, 2.45) is 2.96 Å². The largest absolute Gasteiger partial charge is 0.188 e. The lowest BCUT2D eigenvalue weighted by Crippen LogP contribution is -0.840. The highest BCUT2D eigenvalue weighted by atomic mass is 127. The first-order chi connectivity index (χ1) is 1.91. The van der Waals surface area contributed by atoms with Crippen LogP contribution in [0.1, 0.15) is 0 Å². The van der Waals surface area contributed by atoms with E-state index >= 15 is 0 Å². The molecule has 1 nitrogen and oxygen atoms in total. The molecule has 0 unspecified atom stereocenters. The van der Waals surface area contributed by atoms with Gasteiger partial charge in [-0.25, -0.2) is 0 Å². The van der Waals surface area contributed by atoms with Crippen molar-refractivity contribution >= 4 is 50.9 Å². The van der Waals surface area contributed by atoms with Gasteiger partial charge in [-0.15, -0.1) is 0 Å². The summed E-state index contributed by atoms with van der Waals surface area (Å²) in [5, 5.41) is 0. The Labute approximate surface area is 53.4 Å². The van der Waals surface area contributed by atoms with E-state index in [9.17, 15) is 0 Å². The summed E-state index contributed by atoms with van der Waals surface area (Å²) >= 11 is 4.11. The van der Waals surface area contributed by atoms with E-state index in [1.807, 2.05) is 22.9 Å². The van der Waals surface area contributed by atoms with E-state index in [-0.39, 0.29) is 0 Å². The number of hydrogen-bond donors (Lipinski definition) is 0. The van der Waals surface area contributed by atoms with E-state index in [1.165, 1.54) is 0 Å². The number of halogens is 2. The molecule has 0 atom stereocenters. The minimum absolute atomic E-state index is 1.08. The van der Waals surface area contributed by atoms with Crippen LogP contribution in [0.3, 0.4) is 0 Å². The average Bonchev–Trinajstić information content (AvgIpc) is 1.37. The molecule has 0 rings (SSSR count). The highest BCUT2D eigenvalue weighted by Crippen LogP contribution is 2.12. The molecule has 0 aliphatic heterocycles.